The number of rotatable bonds is 10. The third-order valence-corrected chi connectivity index (χ3v) is 14.1. The highest BCUT2D eigenvalue weighted by Gasteiger charge is 2.51. The summed E-state index contributed by atoms with van der Waals surface area (Å²) in [5.74, 6) is -1.37. The van der Waals surface area contributed by atoms with Gasteiger partial charge in [-0.2, -0.15) is 0 Å². The number of fused-ring (bicyclic) bond motifs is 6. The zero-order chi connectivity index (χ0) is 41.8. The van der Waals surface area contributed by atoms with Gasteiger partial charge in [0.05, 0.1) is 21.6 Å². The van der Waals surface area contributed by atoms with E-state index in [1.165, 1.54) is 47.8 Å². The Hall–Kier alpha value is -5.60. The van der Waals surface area contributed by atoms with Crippen molar-refractivity contribution >= 4 is 69.0 Å². The zero-order valence-electron chi connectivity index (χ0n) is 33.4. The van der Waals surface area contributed by atoms with E-state index in [1.807, 2.05) is 69.4 Å². The van der Waals surface area contributed by atoms with Crippen molar-refractivity contribution in [2.24, 2.45) is 13.0 Å². The molecule has 14 heteroatoms. The topological polar surface area (TPSA) is 109 Å². The highest BCUT2D eigenvalue weighted by molar-refractivity contribution is 8.00. The van der Waals surface area contributed by atoms with Crippen LogP contribution >= 0.6 is 23.5 Å². The number of thioether (sulfide) groups is 2. The molecule has 6 aromatic rings. The van der Waals surface area contributed by atoms with Crippen LogP contribution in [0.3, 0.4) is 0 Å². The largest absolute Gasteiger partial charge is 0.350 e. The molecule has 2 aromatic heterocycles. The number of benzene rings is 4. The molecule has 2 aliphatic heterocycles. The van der Waals surface area contributed by atoms with Crippen LogP contribution in [0.2, 0.25) is 0 Å². The third kappa shape index (κ3) is 7.23. The molecular weight excluding hydrogens is 803 g/mol. The molecule has 3 aliphatic rings. The SMILES string of the molecule is CC(C)N1C(=O)CSc2c(c3ccccc3n2CC2CC2N2C(=O)CSc3c(c4ccccc4n3C)C2C(=O)NCc2ccc(F)cc2)C1C(=O)NCc1ccc(F)cc1. The number of carbonyl (C=O) groups excluding carboxylic acids is 4. The number of carbonyl (C=O) groups is 4. The molecule has 1 fully saturated rings. The number of aryl methyl sites for hydroxylation is 1. The molecule has 4 heterocycles. The van der Waals surface area contributed by atoms with Gasteiger partial charge in [0.25, 0.3) is 0 Å². The van der Waals surface area contributed by atoms with Gasteiger partial charge in [-0.15, -0.1) is 0 Å². The summed E-state index contributed by atoms with van der Waals surface area (Å²) in [4.78, 5) is 60.7. The zero-order valence-corrected chi connectivity index (χ0v) is 35.0. The molecule has 60 heavy (non-hydrogen) atoms. The van der Waals surface area contributed by atoms with E-state index in [1.54, 1.807) is 34.1 Å². The summed E-state index contributed by atoms with van der Waals surface area (Å²) in [5.41, 5.74) is 4.90. The first-order chi connectivity index (χ1) is 29.0. The number of nitrogens with one attached hydrogen (secondary N) is 2. The van der Waals surface area contributed by atoms with Gasteiger partial charge in [0, 0.05) is 71.7 Å². The van der Waals surface area contributed by atoms with Gasteiger partial charge in [-0.05, 0) is 73.7 Å². The van der Waals surface area contributed by atoms with Crippen molar-refractivity contribution in [3.63, 3.8) is 0 Å². The first kappa shape index (κ1) is 39.8. The van der Waals surface area contributed by atoms with Gasteiger partial charge in [0.1, 0.15) is 23.7 Å². The van der Waals surface area contributed by atoms with E-state index in [0.29, 0.717) is 13.0 Å². The van der Waals surface area contributed by atoms with Crippen molar-refractivity contribution in [1.82, 2.24) is 29.6 Å². The van der Waals surface area contributed by atoms with Gasteiger partial charge in [0.2, 0.25) is 23.6 Å². The van der Waals surface area contributed by atoms with Crippen LogP contribution in [0, 0.1) is 17.6 Å². The molecule has 2 N–H and O–H groups in total. The summed E-state index contributed by atoms with van der Waals surface area (Å²) < 4.78 is 31.7. The lowest BCUT2D eigenvalue weighted by Gasteiger charge is -2.33. The molecule has 1 aliphatic carbocycles. The molecule has 4 amide bonds. The maximum absolute atomic E-state index is 14.6. The van der Waals surface area contributed by atoms with Crippen molar-refractivity contribution < 1.29 is 28.0 Å². The third-order valence-electron chi connectivity index (χ3n) is 11.9. The molecule has 0 bridgehead atoms. The molecule has 9 rings (SSSR count). The Balaban J connectivity index is 1.07. The Morgan fingerprint density at radius 1 is 0.700 bits per heavy atom. The molecule has 0 spiro atoms. The van der Waals surface area contributed by atoms with E-state index in [9.17, 15) is 28.0 Å². The predicted octanol–water partition coefficient (Wildman–Crippen LogP) is 7.49. The minimum Gasteiger partial charge on any atom is -0.350 e. The normalized spacial score (nSPS) is 20.2. The molecule has 10 nitrogen and oxygen atoms in total. The van der Waals surface area contributed by atoms with E-state index in [0.717, 1.165) is 54.1 Å². The Labute approximate surface area is 354 Å². The van der Waals surface area contributed by atoms with Crippen LogP contribution in [0.4, 0.5) is 8.78 Å². The Kier molecular flexibility index (Phi) is 10.7. The fraction of sp³-hybridized carbons (Fsp3) is 0.304. The van der Waals surface area contributed by atoms with E-state index < -0.39 is 12.1 Å². The lowest BCUT2D eigenvalue weighted by Crippen LogP contribution is -2.46. The Bertz CT molecular complexity index is 2660. The Morgan fingerprint density at radius 3 is 1.83 bits per heavy atom. The summed E-state index contributed by atoms with van der Waals surface area (Å²) in [5, 5.41) is 9.57. The number of para-hydroxylation sites is 2. The van der Waals surface area contributed by atoms with Gasteiger partial charge >= 0.3 is 0 Å². The van der Waals surface area contributed by atoms with Crippen molar-refractivity contribution in [3.05, 3.63) is 131 Å². The lowest BCUT2D eigenvalue weighted by molar-refractivity contribution is -0.140. The first-order valence-corrected chi connectivity index (χ1v) is 22.1. The second-order valence-corrected chi connectivity index (χ2v) is 17.9. The molecule has 4 unspecified atom stereocenters. The van der Waals surface area contributed by atoms with E-state index in [2.05, 4.69) is 19.8 Å². The van der Waals surface area contributed by atoms with Gasteiger partial charge < -0.3 is 29.6 Å². The van der Waals surface area contributed by atoms with Crippen LogP contribution in [0.5, 0.6) is 0 Å². The highest BCUT2D eigenvalue weighted by Crippen LogP contribution is 2.50. The fourth-order valence-electron chi connectivity index (χ4n) is 8.98. The summed E-state index contributed by atoms with van der Waals surface area (Å²) in [6.45, 7) is 4.65. The summed E-state index contributed by atoms with van der Waals surface area (Å²) >= 11 is 2.86. The van der Waals surface area contributed by atoms with Gasteiger partial charge in [0.15, 0.2) is 0 Å². The first-order valence-electron chi connectivity index (χ1n) is 20.1. The van der Waals surface area contributed by atoms with E-state index in [-0.39, 0.29) is 77.9 Å². The molecule has 0 saturated heterocycles. The fourth-order valence-corrected chi connectivity index (χ4v) is 11.2. The summed E-state index contributed by atoms with van der Waals surface area (Å²) in [6.07, 6.45) is 0.656. The van der Waals surface area contributed by atoms with Gasteiger partial charge in [-0.3, -0.25) is 19.2 Å². The lowest BCUT2D eigenvalue weighted by atomic mass is 10.0. The molecule has 4 atom stereocenters. The second-order valence-electron chi connectivity index (χ2n) is 16.0. The predicted molar refractivity (Wildman–Crippen MR) is 229 cm³/mol. The van der Waals surface area contributed by atoms with Crippen LogP contribution in [-0.4, -0.2) is 66.2 Å². The minimum absolute atomic E-state index is 0.0331. The van der Waals surface area contributed by atoms with Crippen molar-refractivity contribution in [3.8, 4) is 0 Å². The number of nitrogens with zero attached hydrogens (tertiary/aromatic N) is 4. The van der Waals surface area contributed by atoms with Crippen LogP contribution in [0.25, 0.3) is 21.8 Å². The average Bonchev–Trinajstić information content (AvgIpc) is 3.93. The molecule has 0 radical (unpaired) electrons. The monoisotopic (exact) mass is 846 g/mol. The van der Waals surface area contributed by atoms with E-state index in [4.69, 9.17) is 0 Å². The van der Waals surface area contributed by atoms with Gasteiger partial charge in [-0.1, -0.05) is 84.2 Å². The number of aromatic nitrogens is 2. The van der Waals surface area contributed by atoms with Crippen LogP contribution in [0.15, 0.2) is 107 Å². The van der Waals surface area contributed by atoms with Crippen molar-refractivity contribution in [2.75, 3.05) is 11.5 Å². The Morgan fingerprint density at radius 2 is 1.22 bits per heavy atom. The van der Waals surface area contributed by atoms with Crippen LogP contribution in [0.1, 0.15) is 54.6 Å². The molecule has 308 valence electrons. The van der Waals surface area contributed by atoms with Crippen molar-refractivity contribution in [1.29, 1.82) is 0 Å². The van der Waals surface area contributed by atoms with E-state index >= 15 is 0 Å². The molecule has 1 saturated carbocycles. The number of hydrogen-bond donors (Lipinski definition) is 2. The quantitative estimate of drug-likeness (QED) is 0.148. The second kappa shape index (κ2) is 16.1. The molecule has 4 aromatic carbocycles. The minimum atomic E-state index is -0.924. The van der Waals surface area contributed by atoms with Gasteiger partial charge in [-0.25, -0.2) is 8.78 Å². The van der Waals surface area contributed by atoms with Crippen LogP contribution < -0.4 is 10.6 Å². The highest BCUT2D eigenvalue weighted by atomic mass is 32.2. The summed E-state index contributed by atoms with van der Waals surface area (Å²) in [7, 11) is 1.96. The molecular formula is C46H44F2N6O4S2. The maximum atomic E-state index is 14.6. The smallest absolute Gasteiger partial charge is 0.247 e. The maximum Gasteiger partial charge on any atom is 0.247 e. The average molecular weight is 847 g/mol. The number of halogens is 2. The number of amides is 4. The van der Waals surface area contributed by atoms with Crippen molar-refractivity contribution in [2.45, 2.75) is 74.1 Å². The number of hydrogen-bond acceptors (Lipinski definition) is 6. The standard InChI is InChI=1S/C46H44F2N6O4S2/c1-26(2)53-37(55)24-60-46-40(41(53)43(57)49-21-27-12-16-30(47)17-13-27)33-9-5-7-11-35(33)52(46)23-29-20-36(29)54-38(56)25-59-45-39(32-8-4-6-10-34(32)51(45)3)42(54)44(58)50-22-28-14-18-31(48)19-15-28/h4-19,26,29,36,41-42H,20-25H2,1-3H3,(H,49,57)(H,50,58). The summed E-state index contributed by atoms with van der Waals surface area (Å²) in [6, 6.07) is 25.4. The van der Waals surface area contributed by atoms with Crippen LogP contribution in [-0.2, 0) is 45.9 Å².